The summed E-state index contributed by atoms with van der Waals surface area (Å²) in [6, 6.07) is 36.3. The molecule has 0 spiro atoms. The summed E-state index contributed by atoms with van der Waals surface area (Å²) in [7, 11) is 0. The average molecular weight is 309 g/mol. The molecular weight excluding hydrogens is 290 g/mol. The number of benzene rings is 4. The Morgan fingerprint density at radius 2 is 1.04 bits per heavy atom. The number of nitrogens with one attached hydrogen (secondary N) is 1. The number of fused-ring (bicyclic) bond motifs is 1. The molecule has 0 aromatic heterocycles. The summed E-state index contributed by atoms with van der Waals surface area (Å²) in [5, 5.41) is 6.22. The van der Waals surface area contributed by atoms with E-state index in [0.717, 1.165) is 5.69 Å². The van der Waals surface area contributed by atoms with Gasteiger partial charge in [-0.25, -0.2) is 0 Å². The summed E-state index contributed by atoms with van der Waals surface area (Å²) in [5.41, 5.74) is 3.65. The highest BCUT2D eigenvalue weighted by molar-refractivity contribution is 5.85. The van der Waals surface area contributed by atoms with Crippen molar-refractivity contribution in [3.63, 3.8) is 0 Å². The Bertz CT molecular complexity index is 890. The van der Waals surface area contributed by atoms with Crippen LogP contribution in [0.3, 0.4) is 0 Å². The third-order valence-electron chi connectivity index (χ3n) is 4.33. The molecule has 4 aromatic carbocycles. The SMILES string of the molecule is c1ccc(C(Nc2ccc3ccccc3c2)c2ccccc2)cc1. The Kier molecular flexibility index (Phi) is 3.99. The molecule has 0 amide bonds. The lowest BCUT2D eigenvalue weighted by Gasteiger charge is -2.21. The third kappa shape index (κ3) is 3.02. The van der Waals surface area contributed by atoms with Gasteiger partial charge in [0.2, 0.25) is 0 Å². The predicted molar refractivity (Wildman–Crippen MR) is 102 cm³/mol. The smallest absolute Gasteiger partial charge is 0.0767 e. The predicted octanol–water partition coefficient (Wildman–Crippen LogP) is 6.04. The summed E-state index contributed by atoms with van der Waals surface area (Å²) in [6.45, 7) is 0. The van der Waals surface area contributed by atoms with E-state index < -0.39 is 0 Å². The molecule has 0 atom stereocenters. The van der Waals surface area contributed by atoms with E-state index in [4.69, 9.17) is 0 Å². The first kappa shape index (κ1) is 14.5. The van der Waals surface area contributed by atoms with E-state index in [1.807, 2.05) is 0 Å². The van der Waals surface area contributed by atoms with Crippen LogP contribution in [0.15, 0.2) is 103 Å². The molecule has 24 heavy (non-hydrogen) atoms. The maximum absolute atomic E-state index is 3.70. The van der Waals surface area contributed by atoms with Crippen LogP contribution in [0.2, 0.25) is 0 Å². The van der Waals surface area contributed by atoms with E-state index in [1.54, 1.807) is 0 Å². The maximum Gasteiger partial charge on any atom is 0.0767 e. The van der Waals surface area contributed by atoms with Gasteiger partial charge in [0.1, 0.15) is 0 Å². The molecule has 1 N–H and O–H groups in total. The van der Waals surface area contributed by atoms with E-state index in [2.05, 4.69) is 108 Å². The Morgan fingerprint density at radius 3 is 1.67 bits per heavy atom. The maximum atomic E-state index is 3.70. The fourth-order valence-corrected chi connectivity index (χ4v) is 3.10. The van der Waals surface area contributed by atoms with Crippen LogP contribution < -0.4 is 5.32 Å². The van der Waals surface area contributed by atoms with Crippen molar-refractivity contribution in [3.8, 4) is 0 Å². The lowest BCUT2D eigenvalue weighted by atomic mass is 9.98. The van der Waals surface area contributed by atoms with Crippen molar-refractivity contribution < 1.29 is 0 Å². The standard InChI is InChI=1S/C23H19N/c1-3-10-19(11-4-1)23(20-12-5-2-6-13-20)24-22-16-15-18-9-7-8-14-21(18)17-22/h1-17,23-24H. The molecule has 0 aliphatic rings. The topological polar surface area (TPSA) is 12.0 Å². The number of rotatable bonds is 4. The molecule has 1 nitrogen and oxygen atoms in total. The van der Waals surface area contributed by atoms with E-state index in [0.29, 0.717) is 0 Å². The second kappa shape index (κ2) is 6.59. The highest BCUT2D eigenvalue weighted by Gasteiger charge is 2.13. The largest absolute Gasteiger partial charge is 0.374 e. The highest BCUT2D eigenvalue weighted by atomic mass is 14.9. The van der Waals surface area contributed by atoms with Crippen LogP contribution in [0.1, 0.15) is 17.2 Å². The van der Waals surface area contributed by atoms with Gasteiger partial charge < -0.3 is 5.32 Å². The van der Waals surface area contributed by atoms with Crippen LogP contribution in [0.5, 0.6) is 0 Å². The molecule has 0 bridgehead atoms. The van der Waals surface area contributed by atoms with Crippen molar-refractivity contribution in [2.45, 2.75) is 6.04 Å². The molecular formula is C23H19N. The van der Waals surface area contributed by atoms with Gasteiger partial charge in [0.05, 0.1) is 6.04 Å². The Morgan fingerprint density at radius 1 is 0.500 bits per heavy atom. The minimum Gasteiger partial charge on any atom is -0.374 e. The lowest BCUT2D eigenvalue weighted by molar-refractivity contribution is 0.940. The van der Waals surface area contributed by atoms with E-state index >= 15 is 0 Å². The summed E-state index contributed by atoms with van der Waals surface area (Å²) in [5.74, 6) is 0. The van der Waals surface area contributed by atoms with Crippen LogP contribution in [0.25, 0.3) is 10.8 Å². The van der Waals surface area contributed by atoms with E-state index in [9.17, 15) is 0 Å². The fraction of sp³-hybridized carbons (Fsp3) is 0.0435. The quantitative estimate of drug-likeness (QED) is 0.484. The van der Waals surface area contributed by atoms with Crippen molar-refractivity contribution in [1.82, 2.24) is 0 Å². The molecule has 0 aliphatic heterocycles. The van der Waals surface area contributed by atoms with Crippen LogP contribution in [0, 0.1) is 0 Å². The van der Waals surface area contributed by atoms with Crippen molar-refractivity contribution in [1.29, 1.82) is 0 Å². The monoisotopic (exact) mass is 309 g/mol. The third-order valence-corrected chi connectivity index (χ3v) is 4.33. The zero-order chi connectivity index (χ0) is 16.2. The van der Waals surface area contributed by atoms with Crippen molar-refractivity contribution >= 4 is 16.5 Å². The van der Waals surface area contributed by atoms with E-state index in [1.165, 1.54) is 21.9 Å². The Balaban J connectivity index is 1.73. The van der Waals surface area contributed by atoms with Gasteiger partial charge in [0.15, 0.2) is 0 Å². The summed E-state index contributed by atoms with van der Waals surface area (Å²) < 4.78 is 0. The first-order valence-electron chi connectivity index (χ1n) is 8.25. The zero-order valence-corrected chi connectivity index (χ0v) is 13.4. The average Bonchev–Trinajstić information content (AvgIpc) is 2.67. The van der Waals surface area contributed by atoms with E-state index in [-0.39, 0.29) is 6.04 Å². The van der Waals surface area contributed by atoms with Gasteiger partial charge in [0, 0.05) is 5.69 Å². The molecule has 0 fully saturated rings. The minimum atomic E-state index is 0.133. The molecule has 0 aliphatic carbocycles. The fourth-order valence-electron chi connectivity index (χ4n) is 3.10. The summed E-state index contributed by atoms with van der Waals surface area (Å²) in [6.07, 6.45) is 0. The van der Waals surface area contributed by atoms with Gasteiger partial charge >= 0.3 is 0 Å². The van der Waals surface area contributed by atoms with Crippen LogP contribution >= 0.6 is 0 Å². The Hall–Kier alpha value is -3.06. The Labute approximate surface area is 142 Å². The van der Waals surface area contributed by atoms with Crippen molar-refractivity contribution in [3.05, 3.63) is 114 Å². The molecule has 0 radical (unpaired) electrons. The van der Waals surface area contributed by atoms with Crippen LogP contribution in [0.4, 0.5) is 5.69 Å². The van der Waals surface area contributed by atoms with Crippen molar-refractivity contribution in [2.24, 2.45) is 0 Å². The second-order valence-corrected chi connectivity index (χ2v) is 5.96. The molecule has 0 heterocycles. The first-order chi connectivity index (χ1) is 11.9. The molecule has 4 rings (SSSR count). The number of hydrogen-bond acceptors (Lipinski definition) is 1. The van der Waals surface area contributed by atoms with Gasteiger partial charge in [-0.1, -0.05) is 91.0 Å². The van der Waals surface area contributed by atoms with Gasteiger partial charge in [-0.3, -0.25) is 0 Å². The molecule has 0 saturated heterocycles. The molecule has 4 aromatic rings. The van der Waals surface area contributed by atoms with Gasteiger partial charge in [-0.05, 0) is 34.0 Å². The van der Waals surface area contributed by atoms with Crippen molar-refractivity contribution in [2.75, 3.05) is 5.32 Å². The first-order valence-corrected chi connectivity index (χ1v) is 8.25. The lowest BCUT2D eigenvalue weighted by Crippen LogP contribution is -2.12. The molecule has 116 valence electrons. The second-order valence-electron chi connectivity index (χ2n) is 5.96. The van der Waals surface area contributed by atoms with Crippen LogP contribution in [-0.2, 0) is 0 Å². The molecule has 1 heteroatoms. The van der Waals surface area contributed by atoms with Gasteiger partial charge in [-0.15, -0.1) is 0 Å². The van der Waals surface area contributed by atoms with Gasteiger partial charge in [-0.2, -0.15) is 0 Å². The van der Waals surface area contributed by atoms with Crippen LogP contribution in [-0.4, -0.2) is 0 Å². The summed E-state index contributed by atoms with van der Waals surface area (Å²) in [4.78, 5) is 0. The van der Waals surface area contributed by atoms with Gasteiger partial charge in [0.25, 0.3) is 0 Å². The number of hydrogen-bond donors (Lipinski definition) is 1. The molecule has 0 unspecified atom stereocenters. The summed E-state index contributed by atoms with van der Waals surface area (Å²) >= 11 is 0. The number of anilines is 1. The highest BCUT2D eigenvalue weighted by Crippen LogP contribution is 2.28. The zero-order valence-electron chi connectivity index (χ0n) is 13.4. The minimum absolute atomic E-state index is 0.133. The molecule has 0 saturated carbocycles. The normalized spacial score (nSPS) is 10.9.